The van der Waals surface area contributed by atoms with Crippen molar-refractivity contribution in [2.24, 2.45) is 0 Å². The molecule has 23 heavy (non-hydrogen) atoms. The quantitative estimate of drug-likeness (QED) is 0.770. The second-order valence-electron chi connectivity index (χ2n) is 5.44. The molecule has 2 N–H and O–H groups in total. The fraction of sp³-hybridized carbons (Fsp3) is 0.316. The number of hydrogen-bond donors (Lipinski definition) is 2. The molecule has 0 aromatic heterocycles. The molecule has 0 saturated heterocycles. The lowest BCUT2D eigenvalue weighted by atomic mass is 10.1. The molecular formula is C19H24N2O2. The summed E-state index contributed by atoms with van der Waals surface area (Å²) in [5.41, 5.74) is 3.53. The highest BCUT2D eigenvalue weighted by Gasteiger charge is 2.01. The van der Waals surface area contributed by atoms with Crippen molar-refractivity contribution in [1.29, 1.82) is 0 Å². The summed E-state index contributed by atoms with van der Waals surface area (Å²) in [7, 11) is 0. The van der Waals surface area contributed by atoms with E-state index in [-0.39, 0.29) is 6.03 Å². The molecule has 122 valence electrons. The summed E-state index contributed by atoms with van der Waals surface area (Å²) in [5, 5.41) is 5.62. The molecular weight excluding hydrogens is 288 g/mol. The van der Waals surface area contributed by atoms with Gasteiger partial charge in [0.25, 0.3) is 0 Å². The number of carbonyl (C=O) groups excluding carboxylic acids is 1. The van der Waals surface area contributed by atoms with Crippen LogP contribution in [-0.2, 0) is 13.0 Å². The largest absolute Gasteiger partial charge is 0.492 e. The van der Waals surface area contributed by atoms with E-state index in [1.807, 2.05) is 49.4 Å². The predicted molar refractivity (Wildman–Crippen MR) is 92.7 cm³/mol. The molecule has 2 rings (SSSR count). The fourth-order valence-electron chi connectivity index (χ4n) is 2.14. The molecule has 0 spiro atoms. The van der Waals surface area contributed by atoms with Crippen molar-refractivity contribution < 1.29 is 9.53 Å². The minimum absolute atomic E-state index is 0.184. The Morgan fingerprint density at radius 3 is 2.57 bits per heavy atom. The van der Waals surface area contributed by atoms with Gasteiger partial charge in [0, 0.05) is 6.54 Å². The fourth-order valence-corrected chi connectivity index (χ4v) is 2.14. The normalized spacial score (nSPS) is 10.2. The van der Waals surface area contributed by atoms with Crippen LogP contribution in [-0.4, -0.2) is 19.2 Å². The van der Waals surface area contributed by atoms with Crippen LogP contribution in [0.15, 0.2) is 48.5 Å². The van der Waals surface area contributed by atoms with Crippen LogP contribution >= 0.6 is 0 Å². The highest BCUT2D eigenvalue weighted by Crippen LogP contribution is 2.13. The Hall–Kier alpha value is -2.49. The maximum atomic E-state index is 11.7. The Bertz CT molecular complexity index is 624. The van der Waals surface area contributed by atoms with Crippen molar-refractivity contribution in [3.8, 4) is 5.75 Å². The molecule has 0 saturated carbocycles. The maximum Gasteiger partial charge on any atom is 0.315 e. The first-order valence-corrected chi connectivity index (χ1v) is 7.96. The smallest absolute Gasteiger partial charge is 0.315 e. The summed E-state index contributed by atoms with van der Waals surface area (Å²) in [6, 6.07) is 15.9. The van der Waals surface area contributed by atoms with E-state index in [0.29, 0.717) is 19.7 Å². The maximum absolute atomic E-state index is 11.7. The van der Waals surface area contributed by atoms with Gasteiger partial charge in [-0.05, 0) is 36.6 Å². The Morgan fingerprint density at radius 1 is 1.04 bits per heavy atom. The summed E-state index contributed by atoms with van der Waals surface area (Å²) in [6.45, 7) is 5.59. The van der Waals surface area contributed by atoms with Crippen molar-refractivity contribution in [3.05, 3.63) is 65.2 Å². The van der Waals surface area contributed by atoms with E-state index < -0.39 is 0 Å². The van der Waals surface area contributed by atoms with Crippen molar-refractivity contribution >= 4 is 6.03 Å². The third-order valence-corrected chi connectivity index (χ3v) is 3.54. The summed E-state index contributed by atoms with van der Waals surface area (Å²) in [6.07, 6.45) is 0.983. The first kappa shape index (κ1) is 16.9. The molecule has 0 heterocycles. The second kappa shape index (κ2) is 8.83. The highest BCUT2D eigenvalue weighted by molar-refractivity contribution is 5.73. The zero-order valence-corrected chi connectivity index (χ0v) is 13.8. The summed E-state index contributed by atoms with van der Waals surface area (Å²) in [4.78, 5) is 11.7. The molecule has 2 aromatic rings. The van der Waals surface area contributed by atoms with Crippen LogP contribution in [0, 0.1) is 6.92 Å². The second-order valence-corrected chi connectivity index (χ2v) is 5.44. The van der Waals surface area contributed by atoms with Gasteiger partial charge in [-0.2, -0.15) is 0 Å². The number of carbonyl (C=O) groups is 1. The van der Waals surface area contributed by atoms with E-state index >= 15 is 0 Å². The highest BCUT2D eigenvalue weighted by atomic mass is 16.5. The van der Waals surface area contributed by atoms with E-state index in [4.69, 9.17) is 4.74 Å². The van der Waals surface area contributed by atoms with E-state index in [9.17, 15) is 4.79 Å². The van der Waals surface area contributed by atoms with Crippen LogP contribution in [0.4, 0.5) is 4.79 Å². The molecule has 0 atom stereocenters. The van der Waals surface area contributed by atoms with E-state index in [0.717, 1.165) is 17.7 Å². The number of rotatable bonds is 7. The van der Waals surface area contributed by atoms with E-state index in [2.05, 4.69) is 23.6 Å². The first-order chi connectivity index (χ1) is 11.2. The third kappa shape index (κ3) is 6.02. The van der Waals surface area contributed by atoms with Crippen LogP contribution in [0.3, 0.4) is 0 Å². The number of nitrogens with one attached hydrogen (secondary N) is 2. The standard InChI is InChI=1S/C19H24N2O2/c1-3-16-5-4-6-18(13-16)23-12-11-20-19(22)21-14-17-9-7-15(2)8-10-17/h4-10,13H,3,11-12,14H2,1-2H3,(H2,20,21,22). The molecule has 0 radical (unpaired) electrons. The van der Waals surface area contributed by atoms with Crippen molar-refractivity contribution in [2.75, 3.05) is 13.2 Å². The lowest BCUT2D eigenvalue weighted by Crippen LogP contribution is -2.37. The van der Waals surface area contributed by atoms with Crippen LogP contribution < -0.4 is 15.4 Å². The number of aryl methyl sites for hydroxylation is 2. The average Bonchev–Trinajstić information content (AvgIpc) is 2.58. The van der Waals surface area contributed by atoms with Crippen LogP contribution in [0.25, 0.3) is 0 Å². The van der Waals surface area contributed by atoms with E-state index in [1.165, 1.54) is 11.1 Å². The molecule has 0 bridgehead atoms. The summed E-state index contributed by atoms with van der Waals surface area (Å²) in [5.74, 6) is 0.839. The third-order valence-electron chi connectivity index (χ3n) is 3.54. The van der Waals surface area contributed by atoms with Gasteiger partial charge in [-0.25, -0.2) is 4.79 Å². The van der Waals surface area contributed by atoms with Gasteiger partial charge in [0.2, 0.25) is 0 Å². The number of benzene rings is 2. The molecule has 0 aliphatic rings. The number of ether oxygens (including phenoxy) is 1. The van der Waals surface area contributed by atoms with Gasteiger partial charge in [-0.3, -0.25) is 0 Å². The minimum atomic E-state index is -0.184. The van der Waals surface area contributed by atoms with Gasteiger partial charge >= 0.3 is 6.03 Å². The van der Waals surface area contributed by atoms with Gasteiger partial charge in [0.1, 0.15) is 12.4 Å². The molecule has 4 heteroatoms. The zero-order chi connectivity index (χ0) is 16.5. The Balaban J connectivity index is 1.63. The molecule has 0 fully saturated rings. The van der Waals surface area contributed by atoms with Crippen molar-refractivity contribution in [2.45, 2.75) is 26.8 Å². The lowest BCUT2D eigenvalue weighted by Gasteiger charge is -2.10. The van der Waals surface area contributed by atoms with Gasteiger partial charge < -0.3 is 15.4 Å². The monoisotopic (exact) mass is 312 g/mol. The zero-order valence-electron chi connectivity index (χ0n) is 13.8. The topological polar surface area (TPSA) is 50.4 Å². The SMILES string of the molecule is CCc1cccc(OCCNC(=O)NCc2ccc(C)cc2)c1. The van der Waals surface area contributed by atoms with Gasteiger partial charge in [-0.15, -0.1) is 0 Å². The van der Waals surface area contributed by atoms with Gasteiger partial charge in [0.15, 0.2) is 0 Å². The summed E-state index contributed by atoms with van der Waals surface area (Å²) < 4.78 is 5.63. The molecule has 0 aliphatic carbocycles. The van der Waals surface area contributed by atoms with E-state index in [1.54, 1.807) is 0 Å². The Kier molecular flexibility index (Phi) is 6.48. The molecule has 0 aliphatic heterocycles. The number of amides is 2. The molecule has 4 nitrogen and oxygen atoms in total. The van der Waals surface area contributed by atoms with Crippen molar-refractivity contribution in [3.63, 3.8) is 0 Å². The van der Waals surface area contributed by atoms with Crippen LogP contribution in [0.1, 0.15) is 23.6 Å². The Labute approximate surface area is 137 Å². The summed E-state index contributed by atoms with van der Waals surface area (Å²) >= 11 is 0. The molecule has 2 amide bonds. The number of urea groups is 1. The predicted octanol–water partition coefficient (Wildman–Crippen LogP) is 3.44. The average molecular weight is 312 g/mol. The van der Waals surface area contributed by atoms with Crippen molar-refractivity contribution in [1.82, 2.24) is 10.6 Å². The molecule has 0 unspecified atom stereocenters. The molecule has 2 aromatic carbocycles. The van der Waals surface area contributed by atoms with Gasteiger partial charge in [0.05, 0.1) is 6.54 Å². The lowest BCUT2D eigenvalue weighted by molar-refractivity contribution is 0.236. The van der Waals surface area contributed by atoms with Crippen LogP contribution in [0.2, 0.25) is 0 Å². The number of hydrogen-bond acceptors (Lipinski definition) is 2. The van der Waals surface area contributed by atoms with Gasteiger partial charge in [-0.1, -0.05) is 48.9 Å². The first-order valence-electron chi connectivity index (χ1n) is 7.96. The minimum Gasteiger partial charge on any atom is -0.492 e. The Morgan fingerprint density at radius 2 is 1.83 bits per heavy atom. The van der Waals surface area contributed by atoms with Crippen LogP contribution in [0.5, 0.6) is 5.75 Å².